The van der Waals surface area contributed by atoms with Crippen LogP contribution in [0.25, 0.3) is 0 Å². The van der Waals surface area contributed by atoms with E-state index in [0.29, 0.717) is 5.57 Å². The Morgan fingerprint density at radius 2 is 2.17 bits per heavy atom. The van der Waals surface area contributed by atoms with Crippen LogP contribution in [0.5, 0.6) is 0 Å². The largest absolute Gasteiger partial charge is 0.480 e. The number of carbonyl (C=O) groups excluding carboxylic acids is 2. The number of fused-ring (bicyclic) bond motifs is 1. The maximum atomic E-state index is 13.3. The summed E-state index contributed by atoms with van der Waals surface area (Å²) in [6.07, 6.45) is 7.47. The van der Waals surface area contributed by atoms with Gasteiger partial charge in [-0.2, -0.15) is 0 Å². The lowest BCUT2D eigenvalue weighted by molar-refractivity contribution is -0.150. The van der Waals surface area contributed by atoms with Crippen LogP contribution in [0.1, 0.15) is 25.0 Å². The van der Waals surface area contributed by atoms with Crippen LogP contribution in [-0.2, 0) is 24.0 Å². The Labute approximate surface area is 245 Å². The summed E-state index contributed by atoms with van der Waals surface area (Å²) in [5, 5.41) is 32.0. The van der Waals surface area contributed by atoms with E-state index >= 15 is 0 Å². The summed E-state index contributed by atoms with van der Waals surface area (Å²) in [6, 6.07) is -0.985. The Kier molecular flexibility index (Phi) is 8.66. The Bertz CT molecular complexity index is 1360. The van der Waals surface area contributed by atoms with Crippen LogP contribution in [0.2, 0.25) is 0 Å². The van der Waals surface area contributed by atoms with Crippen LogP contribution < -0.4 is 16.6 Å². The molecule has 5 rings (SSSR count). The molecule has 1 aromatic heterocycles. The minimum atomic E-state index is -1.27. The number of thioether (sulfide) groups is 1. The third-order valence-electron chi connectivity index (χ3n) is 6.18. The number of rotatable bonds is 11. The van der Waals surface area contributed by atoms with Gasteiger partial charge in [-0.05, 0) is 42.9 Å². The van der Waals surface area contributed by atoms with Crippen molar-refractivity contribution in [2.24, 2.45) is 10.3 Å². The van der Waals surface area contributed by atoms with Crippen LogP contribution in [0, 0.1) is 0 Å². The molecule has 0 radical (unpaired) electrons. The van der Waals surface area contributed by atoms with Crippen molar-refractivity contribution < 1.29 is 34.2 Å². The number of oxime groups is 1. The Morgan fingerprint density at radius 3 is 2.85 bits per heavy atom. The van der Waals surface area contributed by atoms with E-state index < -0.39 is 35.2 Å². The first-order valence-electron chi connectivity index (χ1n) is 12.3. The first kappa shape index (κ1) is 28.7. The predicted octanol–water partition coefficient (Wildman–Crippen LogP) is 0.00660. The molecule has 6 N–H and O–H groups in total. The minimum Gasteiger partial charge on any atom is -0.480 e. The SMILES string of the molecule is Nc1nc(/C(=N/OC2C=CCCC2)C(=O)NC2C(=O)N3C(C(=O)O)=C(CSN4N=CN(CC(=O)O)N4)CS[C@H]23)cs1. The number of nitrogens with one attached hydrogen (secondary N) is 2. The lowest BCUT2D eigenvalue weighted by Gasteiger charge is -2.49. The topological polar surface area (TPSA) is 215 Å². The van der Waals surface area contributed by atoms with Gasteiger partial charge in [-0.3, -0.25) is 24.3 Å². The number of carbonyl (C=O) groups is 4. The molecule has 1 saturated heterocycles. The van der Waals surface area contributed by atoms with E-state index in [1.54, 1.807) is 5.38 Å². The van der Waals surface area contributed by atoms with Gasteiger partial charge in [0.2, 0.25) is 0 Å². The second kappa shape index (κ2) is 12.4. The molecule has 218 valence electrons. The van der Waals surface area contributed by atoms with Gasteiger partial charge in [0.05, 0.1) is 0 Å². The second-order valence-electron chi connectivity index (χ2n) is 9.03. The van der Waals surface area contributed by atoms with Gasteiger partial charge in [0.25, 0.3) is 11.8 Å². The molecule has 3 aliphatic heterocycles. The quantitative estimate of drug-likeness (QED) is 0.0722. The number of anilines is 1. The first-order valence-corrected chi connectivity index (χ1v) is 15.1. The zero-order chi connectivity index (χ0) is 29.1. The molecule has 1 fully saturated rings. The lowest BCUT2D eigenvalue weighted by Crippen LogP contribution is -2.71. The minimum absolute atomic E-state index is 0.134. The number of β-lactam (4-membered cyclic amide) rings is 1. The number of nitrogen functional groups attached to an aromatic ring is 1. The molecule has 4 aliphatic rings. The van der Waals surface area contributed by atoms with Crippen molar-refractivity contribution in [3.63, 3.8) is 0 Å². The van der Waals surface area contributed by atoms with E-state index in [-0.39, 0.29) is 46.4 Å². The summed E-state index contributed by atoms with van der Waals surface area (Å²) >= 11 is 3.54. The van der Waals surface area contributed by atoms with E-state index in [2.05, 4.69) is 26.1 Å². The fourth-order valence-electron chi connectivity index (χ4n) is 4.29. The monoisotopic (exact) mass is 623 g/mol. The molecule has 1 aromatic rings. The highest BCUT2D eigenvalue weighted by Gasteiger charge is 2.54. The number of hydrazone groups is 1. The van der Waals surface area contributed by atoms with Crippen molar-refractivity contribution in [1.82, 2.24) is 30.3 Å². The number of hydrazine groups is 2. The maximum absolute atomic E-state index is 13.3. The van der Waals surface area contributed by atoms with Gasteiger partial charge in [-0.15, -0.1) is 38.3 Å². The zero-order valence-electron chi connectivity index (χ0n) is 21.2. The number of nitrogens with two attached hydrogens (primary N) is 1. The third kappa shape index (κ3) is 6.42. The van der Waals surface area contributed by atoms with Crippen LogP contribution >= 0.6 is 35.0 Å². The fourth-order valence-corrected chi connectivity index (χ4v) is 7.10. The number of hydrogen-bond donors (Lipinski definition) is 5. The normalized spacial score (nSPS) is 23.9. The maximum Gasteiger partial charge on any atom is 0.352 e. The molecule has 2 unspecified atom stereocenters. The van der Waals surface area contributed by atoms with E-state index in [9.17, 15) is 24.3 Å². The predicted molar refractivity (Wildman–Crippen MR) is 151 cm³/mol. The number of hydrogen-bond acceptors (Lipinski definition) is 15. The molecule has 19 heteroatoms. The third-order valence-corrected chi connectivity index (χ3v) is 9.09. The highest BCUT2D eigenvalue weighted by molar-refractivity contribution is 8.00. The zero-order valence-corrected chi connectivity index (χ0v) is 23.7. The van der Waals surface area contributed by atoms with Gasteiger partial charge in [0, 0.05) is 16.9 Å². The molecule has 0 aromatic carbocycles. The molecule has 4 heterocycles. The lowest BCUT2D eigenvalue weighted by atomic mass is 10.0. The van der Waals surface area contributed by atoms with E-state index in [1.165, 1.54) is 27.6 Å². The average molecular weight is 624 g/mol. The molecule has 41 heavy (non-hydrogen) atoms. The van der Waals surface area contributed by atoms with Crippen LogP contribution in [0.15, 0.2) is 39.1 Å². The fraction of sp³-hybridized carbons (Fsp3) is 0.409. The highest BCUT2D eigenvalue weighted by Crippen LogP contribution is 2.41. The van der Waals surface area contributed by atoms with Crippen molar-refractivity contribution in [3.05, 3.63) is 34.5 Å². The van der Waals surface area contributed by atoms with Crippen LogP contribution in [0.3, 0.4) is 0 Å². The van der Waals surface area contributed by atoms with E-state index in [0.717, 1.165) is 47.4 Å². The number of allylic oxidation sites excluding steroid dienone is 1. The Balaban J connectivity index is 1.25. The summed E-state index contributed by atoms with van der Waals surface area (Å²) in [5.74, 6) is -3.14. The summed E-state index contributed by atoms with van der Waals surface area (Å²) in [5.41, 5.74) is 8.86. The van der Waals surface area contributed by atoms with Gasteiger partial charge in [0.15, 0.2) is 10.8 Å². The first-order chi connectivity index (χ1) is 19.7. The summed E-state index contributed by atoms with van der Waals surface area (Å²) < 4.78 is 1.30. The molecule has 3 atom stereocenters. The molecular formula is C22H25N9O7S3. The number of amides is 2. The van der Waals surface area contributed by atoms with Gasteiger partial charge in [-0.1, -0.05) is 11.2 Å². The smallest absolute Gasteiger partial charge is 0.352 e. The highest BCUT2D eigenvalue weighted by atomic mass is 32.2. The molecule has 1 aliphatic carbocycles. The molecule has 0 spiro atoms. The Morgan fingerprint density at radius 1 is 1.34 bits per heavy atom. The number of carboxylic acids is 2. The van der Waals surface area contributed by atoms with E-state index in [1.807, 2.05) is 12.2 Å². The van der Waals surface area contributed by atoms with Crippen molar-refractivity contribution in [2.45, 2.75) is 36.8 Å². The summed E-state index contributed by atoms with van der Waals surface area (Å²) in [6.45, 7) is -0.317. The van der Waals surface area contributed by atoms with Gasteiger partial charge in [-0.25, -0.2) is 9.78 Å². The van der Waals surface area contributed by atoms with Gasteiger partial charge in [0.1, 0.15) is 41.8 Å². The van der Waals surface area contributed by atoms with Crippen molar-refractivity contribution in [1.29, 1.82) is 0 Å². The number of nitrogens with zero attached hydrogens (tertiary/aromatic N) is 6. The number of thiazole rings is 1. The summed E-state index contributed by atoms with van der Waals surface area (Å²) in [4.78, 5) is 60.3. The molecular weight excluding hydrogens is 598 g/mol. The van der Waals surface area contributed by atoms with Gasteiger partial charge >= 0.3 is 11.9 Å². The standard InChI is InChI=1S/C22H25N9O7S3/c23-22-25-13(9-40-22)15(27-38-12-4-2-1-3-5-12)18(34)26-16-19(35)30-17(21(36)37)11(7-39-20(16)30)8-41-31-24-10-29(28-31)6-14(32)33/h2,4,9-10,12,16,20,28H,1,3,5-8H2,(H2,23,25)(H,26,34)(H,32,33)(H,36,37)/b27-15-/t12?,16?,20-/m1/s1. The van der Waals surface area contributed by atoms with Gasteiger partial charge < -0.3 is 26.1 Å². The van der Waals surface area contributed by atoms with Crippen LogP contribution in [-0.4, -0.2) is 101 Å². The van der Waals surface area contributed by atoms with Crippen molar-refractivity contribution in [3.8, 4) is 0 Å². The van der Waals surface area contributed by atoms with Crippen LogP contribution in [0.4, 0.5) is 5.13 Å². The Hall–Kier alpha value is -3.81. The van der Waals surface area contributed by atoms with Crippen molar-refractivity contribution >= 4 is 76.0 Å². The van der Waals surface area contributed by atoms with E-state index in [4.69, 9.17) is 15.7 Å². The molecule has 16 nitrogen and oxygen atoms in total. The summed E-state index contributed by atoms with van der Waals surface area (Å²) in [7, 11) is 0. The second-order valence-corrected chi connectivity index (χ2v) is 11.9. The molecule has 0 saturated carbocycles. The number of carboxylic acid groups (broad SMARTS) is 2. The molecule has 0 bridgehead atoms. The molecule has 2 amide bonds. The number of aromatic nitrogens is 1. The van der Waals surface area contributed by atoms with Crippen molar-refractivity contribution in [2.75, 3.05) is 23.8 Å². The number of aliphatic carboxylic acids is 2. The average Bonchev–Trinajstić information content (AvgIpc) is 3.58.